The molecule has 1 fully saturated rings. The molecule has 1 saturated heterocycles. The summed E-state index contributed by atoms with van der Waals surface area (Å²) in [5.74, 6) is -0.138. The van der Waals surface area contributed by atoms with Gasteiger partial charge in [-0.05, 0) is 24.6 Å². The number of benzene rings is 1. The van der Waals surface area contributed by atoms with Gasteiger partial charge in [0, 0.05) is 39.8 Å². The molecule has 0 aromatic heterocycles. The molecule has 1 atom stereocenters. The molecule has 1 aromatic rings. The minimum atomic E-state index is -0.406. The van der Waals surface area contributed by atoms with Gasteiger partial charge < -0.3 is 15.0 Å². The lowest BCUT2D eigenvalue weighted by atomic mass is 10.1. The number of halogens is 3. The third-order valence-corrected chi connectivity index (χ3v) is 4.07. The molecule has 1 aliphatic rings. The minimum absolute atomic E-state index is 0. The predicted molar refractivity (Wildman–Crippen MR) is 97.8 cm³/mol. The predicted octanol–water partition coefficient (Wildman–Crippen LogP) is 1.93. The average Bonchev–Trinajstić information content (AvgIpc) is 2.54. The minimum Gasteiger partial charge on any atom is -0.494 e. The van der Waals surface area contributed by atoms with E-state index in [9.17, 15) is 9.18 Å². The summed E-state index contributed by atoms with van der Waals surface area (Å²) in [4.78, 5) is 16.3. The standard InChI is InChI=1S/C16H24FN3O2.2ClH/c1-12(20-8-6-18-7-9-20)16(21)19(2)11-13-4-5-15(22-3)14(17)10-13;;/h4-5,10,12,18H,6-9,11H2,1-3H3;2*1H. The topological polar surface area (TPSA) is 44.8 Å². The van der Waals surface area contributed by atoms with Crippen LogP contribution in [-0.2, 0) is 11.3 Å². The Kier molecular flexibility index (Phi) is 10.2. The molecule has 0 saturated carbocycles. The number of hydrogen-bond acceptors (Lipinski definition) is 4. The van der Waals surface area contributed by atoms with E-state index in [4.69, 9.17) is 4.74 Å². The van der Waals surface area contributed by atoms with Crippen molar-refractivity contribution in [2.75, 3.05) is 40.3 Å². The van der Waals surface area contributed by atoms with Crippen LogP contribution < -0.4 is 10.1 Å². The molecular weight excluding hydrogens is 356 g/mol. The highest BCUT2D eigenvalue weighted by Crippen LogP contribution is 2.18. The van der Waals surface area contributed by atoms with E-state index in [-0.39, 0.29) is 42.5 Å². The summed E-state index contributed by atoms with van der Waals surface area (Å²) in [6.07, 6.45) is 0. The summed E-state index contributed by atoms with van der Waals surface area (Å²) in [5, 5.41) is 3.27. The molecule has 24 heavy (non-hydrogen) atoms. The number of carbonyl (C=O) groups excluding carboxylic acids is 1. The maximum absolute atomic E-state index is 13.7. The third-order valence-electron chi connectivity index (χ3n) is 4.07. The van der Waals surface area contributed by atoms with Gasteiger partial charge >= 0.3 is 0 Å². The lowest BCUT2D eigenvalue weighted by Gasteiger charge is -2.34. The number of methoxy groups -OCH3 is 1. The number of nitrogens with zero attached hydrogens (tertiary/aromatic N) is 2. The molecule has 5 nitrogen and oxygen atoms in total. The number of amides is 1. The van der Waals surface area contributed by atoms with E-state index in [1.54, 1.807) is 24.1 Å². The highest BCUT2D eigenvalue weighted by Gasteiger charge is 2.25. The third kappa shape index (κ3) is 5.77. The van der Waals surface area contributed by atoms with Gasteiger partial charge in [0.15, 0.2) is 11.6 Å². The van der Waals surface area contributed by atoms with Crippen molar-refractivity contribution >= 4 is 30.7 Å². The number of nitrogens with one attached hydrogen (secondary N) is 1. The van der Waals surface area contributed by atoms with E-state index in [0.717, 1.165) is 31.7 Å². The van der Waals surface area contributed by atoms with Crippen LogP contribution in [0.5, 0.6) is 5.75 Å². The van der Waals surface area contributed by atoms with Gasteiger partial charge in [0.2, 0.25) is 5.91 Å². The van der Waals surface area contributed by atoms with Gasteiger partial charge in [-0.25, -0.2) is 4.39 Å². The second-order valence-corrected chi connectivity index (χ2v) is 5.63. The monoisotopic (exact) mass is 381 g/mol. The fourth-order valence-electron chi connectivity index (χ4n) is 2.70. The smallest absolute Gasteiger partial charge is 0.239 e. The molecule has 138 valence electrons. The van der Waals surface area contributed by atoms with Gasteiger partial charge in [-0.3, -0.25) is 9.69 Å². The Morgan fingerprint density at radius 2 is 2.00 bits per heavy atom. The first-order valence-electron chi connectivity index (χ1n) is 7.55. The van der Waals surface area contributed by atoms with E-state index in [2.05, 4.69) is 10.2 Å². The molecule has 1 N–H and O–H groups in total. The highest BCUT2D eigenvalue weighted by atomic mass is 35.5. The maximum atomic E-state index is 13.7. The number of ether oxygens (including phenoxy) is 1. The van der Waals surface area contributed by atoms with Crippen molar-refractivity contribution < 1.29 is 13.9 Å². The summed E-state index contributed by atoms with van der Waals surface area (Å²) in [7, 11) is 3.19. The molecule has 2 rings (SSSR count). The van der Waals surface area contributed by atoms with Crippen molar-refractivity contribution in [3.8, 4) is 5.75 Å². The van der Waals surface area contributed by atoms with Gasteiger partial charge in [-0.2, -0.15) is 0 Å². The Hall–Kier alpha value is -1.08. The van der Waals surface area contributed by atoms with Gasteiger partial charge in [0.05, 0.1) is 13.2 Å². The number of carbonyl (C=O) groups is 1. The maximum Gasteiger partial charge on any atom is 0.239 e. The van der Waals surface area contributed by atoms with Crippen molar-refractivity contribution in [1.82, 2.24) is 15.1 Å². The number of likely N-dealkylation sites (N-methyl/N-ethyl adjacent to an activating group) is 1. The molecular formula is C16H26Cl2FN3O2. The summed E-state index contributed by atoms with van der Waals surface area (Å²) in [6.45, 7) is 5.88. The first-order valence-corrected chi connectivity index (χ1v) is 7.55. The Balaban J connectivity index is 0.00000264. The van der Waals surface area contributed by atoms with E-state index >= 15 is 0 Å². The Morgan fingerprint density at radius 1 is 1.38 bits per heavy atom. The average molecular weight is 382 g/mol. The zero-order valence-corrected chi connectivity index (χ0v) is 15.9. The van der Waals surface area contributed by atoms with Gasteiger partial charge in [0.25, 0.3) is 0 Å². The van der Waals surface area contributed by atoms with Gasteiger partial charge in [0.1, 0.15) is 0 Å². The van der Waals surface area contributed by atoms with Gasteiger partial charge in [-0.1, -0.05) is 6.07 Å². The highest BCUT2D eigenvalue weighted by molar-refractivity contribution is 5.85. The number of piperazine rings is 1. The zero-order valence-electron chi connectivity index (χ0n) is 14.3. The molecule has 8 heteroatoms. The summed E-state index contributed by atoms with van der Waals surface area (Å²) in [6, 6.07) is 4.62. The fourth-order valence-corrected chi connectivity index (χ4v) is 2.70. The van der Waals surface area contributed by atoms with Crippen molar-refractivity contribution in [2.24, 2.45) is 0 Å². The van der Waals surface area contributed by atoms with Crippen LogP contribution in [0.15, 0.2) is 18.2 Å². The lowest BCUT2D eigenvalue weighted by Crippen LogP contribution is -2.52. The normalized spacial score (nSPS) is 15.7. The molecule has 1 aliphatic heterocycles. The summed E-state index contributed by atoms with van der Waals surface area (Å²) < 4.78 is 18.6. The van der Waals surface area contributed by atoms with E-state index in [1.165, 1.54) is 13.2 Å². The number of rotatable bonds is 5. The quantitative estimate of drug-likeness (QED) is 0.846. The van der Waals surface area contributed by atoms with Crippen molar-refractivity contribution in [2.45, 2.75) is 19.5 Å². The largest absolute Gasteiger partial charge is 0.494 e. The molecule has 0 radical (unpaired) electrons. The van der Waals surface area contributed by atoms with Gasteiger partial charge in [-0.15, -0.1) is 24.8 Å². The van der Waals surface area contributed by atoms with Crippen molar-refractivity contribution in [1.29, 1.82) is 0 Å². The van der Waals surface area contributed by atoms with Crippen LogP contribution in [0.3, 0.4) is 0 Å². The van der Waals surface area contributed by atoms with Crippen LogP contribution in [0.2, 0.25) is 0 Å². The molecule has 0 bridgehead atoms. The molecule has 0 spiro atoms. The van der Waals surface area contributed by atoms with Crippen LogP contribution in [0.4, 0.5) is 4.39 Å². The first-order chi connectivity index (χ1) is 10.5. The van der Waals surface area contributed by atoms with Crippen LogP contribution in [-0.4, -0.2) is 62.1 Å². The Morgan fingerprint density at radius 3 is 2.54 bits per heavy atom. The summed E-state index contributed by atoms with van der Waals surface area (Å²) in [5.41, 5.74) is 0.752. The Bertz CT molecular complexity index is 528. The molecule has 1 amide bonds. The second kappa shape index (κ2) is 10.7. The molecule has 1 heterocycles. The van der Waals surface area contributed by atoms with Crippen LogP contribution >= 0.6 is 24.8 Å². The van der Waals surface area contributed by atoms with Crippen LogP contribution in [0.1, 0.15) is 12.5 Å². The fraction of sp³-hybridized carbons (Fsp3) is 0.562. The second-order valence-electron chi connectivity index (χ2n) is 5.63. The van der Waals surface area contributed by atoms with Crippen LogP contribution in [0.25, 0.3) is 0 Å². The van der Waals surface area contributed by atoms with Crippen molar-refractivity contribution in [3.63, 3.8) is 0 Å². The summed E-state index contributed by atoms with van der Waals surface area (Å²) >= 11 is 0. The number of hydrogen-bond donors (Lipinski definition) is 1. The first kappa shape index (κ1) is 22.9. The van der Waals surface area contributed by atoms with E-state index < -0.39 is 5.82 Å². The molecule has 0 aliphatic carbocycles. The Labute approximate surface area is 155 Å². The van der Waals surface area contributed by atoms with Crippen molar-refractivity contribution in [3.05, 3.63) is 29.6 Å². The SMILES string of the molecule is COc1ccc(CN(C)C(=O)C(C)N2CCNCC2)cc1F.Cl.Cl. The molecule has 1 aromatic carbocycles. The van der Waals surface area contributed by atoms with Crippen LogP contribution in [0, 0.1) is 5.82 Å². The van der Waals surface area contributed by atoms with E-state index in [1.807, 2.05) is 6.92 Å². The zero-order chi connectivity index (χ0) is 16.1. The van der Waals surface area contributed by atoms with E-state index in [0.29, 0.717) is 6.54 Å². The lowest BCUT2D eigenvalue weighted by molar-refractivity contribution is -0.135. The molecule has 1 unspecified atom stereocenters.